The van der Waals surface area contributed by atoms with Crippen molar-refractivity contribution in [2.24, 2.45) is 0 Å². The van der Waals surface area contributed by atoms with Crippen molar-refractivity contribution >= 4 is 5.97 Å². The largest absolute Gasteiger partial charge is 0.497 e. The van der Waals surface area contributed by atoms with E-state index >= 15 is 0 Å². The molecule has 2 heterocycles. The van der Waals surface area contributed by atoms with Gasteiger partial charge in [-0.05, 0) is 13.0 Å². The standard InChI is InChI=1S/C8H8O3/c1-5-6-2-3-10-4-7(6)11-8(5)9/h2-3,7H,4H2,1H3. The number of carbonyl (C=O) groups is 1. The highest BCUT2D eigenvalue weighted by Gasteiger charge is 2.31. The molecule has 0 saturated heterocycles. The van der Waals surface area contributed by atoms with Crippen molar-refractivity contribution < 1.29 is 14.3 Å². The third kappa shape index (κ3) is 0.843. The molecule has 0 saturated carbocycles. The quantitative estimate of drug-likeness (QED) is 0.481. The SMILES string of the molecule is CC1=C2C=COCC2OC1=O. The van der Waals surface area contributed by atoms with E-state index in [9.17, 15) is 4.79 Å². The van der Waals surface area contributed by atoms with Gasteiger partial charge in [0.25, 0.3) is 0 Å². The van der Waals surface area contributed by atoms with Crippen LogP contribution in [0.25, 0.3) is 0 Å². The molecule has 0 bridgehead atoms. The molecule has 0 N–H and O–H groups in total. The molecule has 2 aliphatic heterocycles. The monoisotopic (exact) mass is 152 g/mol. The Bertz CT molecular complexity index is 263. The number of ether oxygens (including phenoxy) is 2. The molecule has 0 aliphatic carbocycles. The van der Waals surface area contributed by atoms with Crippen molar-refractivity contribution in [3.8, 4) is 0 Å². The molecule has 0 radical (unpaired) electrons. The van der Waals surface area contributed by atoms with E-state index in [1.807, 2.05) is 0 Å². The number of esters is 1. The number of carbonyl (C=O) groups excluding carboxylic acids is 1. The first-order valence-corrected chi connectivity index (χ1v) is 3.49. The topological polar surface area (TPSA) is 35.5 Å². The summed E-state index contributed by atoms with van der Waals surface area (Å²) in [6.45, 7) is 2.22. The van der Waals surface area contributed by atoms with Crippen LogP contribution in [0.2, 0.25) is 0 Å². The van der Waals surface area contributed by atoms with Gasteiger partial charge in [-0.25, -0.2) is 4.79 Å². The molecular formula is C8H8O3. The minimum absolute atomic E-state index is 0.160. The lowest BCUT2D eigenvalue weighted by molar-refractivity contribution is -0.141. The maximum absolute atomic E-state index is 11.0. The minimum atomic E-state index is -0.222. The molecule has 0 aromatic heterocycles. The fourth-order valence-corrected chi connectivity index (χ4v) is 1.26. The van der Waals surface area contributed by atoms with Crippen LogP contribution in [0.4, 0.5) is 0 Å². The molecule has 0 aromatic carbocycles. The van der Waals surface area contributed by atoms with Gasteiger partial charge < -0.3 is 9.47 Å². The Kier molecular flexibility index (Phi) is 1.24. The highest BCUT2D eigenvalue weighted by Crippen LogP contribution is 2.26. The summed E-state index contributed by atoms with van der Waals surface area (Å²) in [6, 6.07) is 0. The van der Waals surface area contributed by atoms with Crippen LogP contribution in [0.3, 0.4) is 0 Å². The van der Waals surface area contributed by atoms with Crippen LogP contribution in [0, 0.1) is 0 Å². The van der Waals surface area contributed by atoms with E-state index in [1.54, 1.807) is 19.3 Å². The van der Waals surface area contributed by atoms with Crippen LogP contribution in [0.5, 0.6) is 0 Å². The Morgan fingerprint density at radius 1 is 1.64 bits per heavy atom. The summed E-state index contributed by atoms with van der Waals surface area (Å²) in [5, 5.41) is 0. The van der Waals surface area contributed by atoms with Crippen LogP contribution in [0.15, 0.2) is 23.5 Å². The summed E-state index contributed by atoms with van der Waals surface area (Å²) >= 11 is 0. The molecule has 2 rings (SSSR count). The molecule has 3 heteroatoms. The zero-order valence-corrected chi connectivity index (χ0v) is 6.16. The summed E-state index contributed by atoms with van der Waals surface area (Å²) in [4.78, 5) is 11.0. The summed E-state index contributed by atoms with van der Waals surface area (Å²) in [5.74, 6) is -0.222. The Hall–Kier alpha value is -1.25. The summed E-state index contributed by atoms with van der Waals surface area (Å²) in [7, 11) is 0. The van der Waals surface area contributed by atoms with Crippen molar-refractivity contribution in [3.05, 3.63) is 23.5 Å². The highest BCUT2D eigenvalue weighted by molar-refractivity contribution is 5.92. The summed E-state index contributed by atoms with van der Waals surface area (Å²) in [5.41, 5.74) is 1.66. The fourth-order valence-electron chi connectivity index (χ4n) is 1.26. The van der Waals surface area contributed by atoms with Gasteiger partial charge in [0.05, 0.1) is 6.26 Å². The average molecular weight is 152 g/mol. The Labute approximate surface area is 64.3 Å². The van der Waals surface area contributed by atoms with Gasteiger partial charge >= 0.3 is 5.97 Å². The number of hydrogen-bond donors (Lipinski definition) is 0. The van der Waals surface area contributed by atoms with Crippen LogP contribution in [0.1, 0.15) is 6.92 Å². The molecule has 0 amide bonds. The number of rotatable bonds is 0. The van der Waals surface area contributed by atoms with Crippen LogP contribution >= 0.6 is 0 Å². The Balaban J connectivity index is 2.41. The molecule has 0 aromatic rings. The van der Waals surface area contributed by atoms with Crippen molar-refractivity contribution in [2.75, 3.05) is 6.61 Å². The number of fused-ring (bicyclic) bond motifs is 1. The van der Waals surface area contributed by atoms with Crippen LogP contribution in [-0.2, 0) is 14.3 Å². The predicted octanol–water partition coefficient (Wildman–Crippen LogP) is 0.772. The van der Waals surface area contributed by atoms with Gasteiger partial charge in [-0.2, -0.15) is 0 Å². The first kappa shape index (κ1) is 6.46. The predicted molar refractivity (Wildman–Crippen MR) is 37.7 cm³/mol. The second kappa shape index (κ2) is 2.12. The van der Waals surface area contributed by atoms with Crippen molar-refractivity contribution in [2.45, 2.75) is 13.0 Å². The van der Waals surface area contributed by atoms with E-state index in [1.165, 1.54) is 0 Å². The number of hydrogen-bond acceptors (Lipinski definition) is 3. The van der Waals surface area contributed by atoms with Gasteiger partial charge in [0.2, 0.25) is 0 Å². The van der Waals surface area contributed by atoms with Crippen molar-refractivity contribution in [3.63, 3.8) is 0 Å². The zero-order valence-electron chi connectivity index (χ0n) is 6.16. The third-order valence-corrected chi connectivity index (χ3v) is 1.93. The van der Waals surface area contributed by atoms with Gasteiger partial charge in [0.1, 0.15) is 6.61 Å². The van der Waals surface area contributed by atoms with Gasteiger partial charge in [-0.1, -0.05) is 0 Å². The molecule has 0 fully saturated rings. The van der Waals surface area contributed by atoms with Gasteiger partial charge in [-0.15, -0.1) is 0 Å². The van der Waals surface area contributed by atoms with E-state index < -0.39 is 0 Å². The smallest absolute Gasteiger partial charge is 0.334 e. The first-order chi connectivity index (χ1) is 5.29. The molecule has 11 heavy (non-hydrogen) atoms. The molecule has 0 spiro atoms. The van der Waals surface area contributed by atoms with Crippen LogP contribution in [-0.4, -0.2) is 18.7 Å². The van der Waals surface area contributed by atoms with E-state index in [-0.39, 0.29) is 12.1 Å². The fraction of sp³-hybridized carbons (Fsp3) is 0.375. The summed E-state index contributed by atoms with van der Waals surface area (Å²) in [6.07, 6.45) is 3.22. The lowest BCUT2D eigenvalue weighted by atomic mass is 10.1. The second-order valence-corrected chi connectivity index (χ2v) is 2.61. The molecule has 3 nitrogen and oxygen atoms in total. The second-order valence-electron chi connectivity index (χ2n) is 2.61. The molecular weight excluding hydrogens is 144 g/mol. The van der Waals surface area contributed by atoms with Gasteiger partial charge in [0, 0.05) is 11.1 Å². The van der Waals surface area contributed by atoms with E-state index in [0.717, 1.165) is 5.57 Å². The lowest BCUT2D eigenvalue weighted by Crippen LogP contribution is -2.19. The normalized spacial score (nSPS) is 28.1. The van der Waals surface area contributed by atoms with E-state index in [2.05, 4.69) is 0 Å². The molecule has 1 atom stereocenters. The molecule has 1 unspecified atom stereocenters. The van der Waals surface area contributed by atoms with E-state index in [0.29, 0.717) is 12.2 Å². The minimum Gasteiger partial charge on any atom is -0.497 e. The maximum Gasteiger partial charge on any atom is 0.334 e. The summed E-state index contributed by atoms with van der Waals surface area (Å²) < 4.78 is 9.98. The third-order valence-electron chi connectivity index (χ3n) is 1.93. The molecule has 2 aliphatic rings. The zero-order chi connectivity index (χ0) is 7.84. The highest BCUT2D eigenvalue weighted by atomic mass is 16.6. The van der Waals surface area contributed by atoms with Gasteiger partial charge in [-0.3, -0.25) is 0 Å². The average Bonchev–Trinajstić information content (AvgIpc) is 2.30. The van der Waals surface area contributed by atoms with Crippen molar-refractivity contribution in [1.29, 1.82) is 0 Å². The lowest BCUT2D eigenvalue weighted by Gasteiger charge is -2.14. The van der Waals surface area contributed by atoms with Gasteiger partial charge in [0.15, 0.2) is 6.10 Å². The maximum atomic E-state index is 11.0. The van der Waals surface area contributed by atoms with Crippen LogP contribution < -0.4 is 0 Å². The van der Waals surface area contributed by atoms with E-state index in [4.69, 9.17) is 9.47 Å². The van der Waals surface area contributed by atoms with Crippen molar-refractivity contribution in [1.82, 2.24) is 0 Å². The Morgan fingerprint density at radius 3 is 3.18 bits per heavy atom. The molecule has 58 valence electrons. The Morgan fingerprint density at radius 2 is 2.45 bits per heavy atom. The first-order valence-electron chi connectivity index (χ1n) is 3.49.